The third-order valence-electron chi connectivity index (χ3n) is 1.83. The second-order valence-corrected chi connectivity index (χ2v) is 4.27. The molecule has 3 nitrogen and oxygen atoms in total. The number of esters is 1. The molecular formula is C10H9F3INO2. The maximum atomic E-state index is 12.4. The summed E-state index contributed by atoms with van der Waals surface area (Å²) < 4.78 is 42.4. The first kappa shape index (κ1) is 14.2. The van der Waals surface area contributed by atoms with E-state index in [1.165, 1.54) is 6.07 Å². The molecule has 0 aliphatic rings. The number of halogens is 4. The van der Waals surface area contributed by atoms with Crippen LogP contribution in [-0.2, 0) is 22.1 Å². The fourth-order valence-corrected chi connectivity index (χ4v) is 1.61. The first-order valence-electron chi connectivity index (χ1n) is 4.72. The summed E-state index contributed by atoms with van der Waals surface area (Å²) in [5.41, 5.74) is -0.920. The SMILES string of the molecule is CCOC(=O)Cc1nc(C(F)(F)F)ccc1I. The molecule has 0 atom stereocenters. The lowest BCUT2D eigenvalue weighted by molar-refractivity contribution is -0.144. The Morgan fingerprint density at radius 2 is 2.12 bits per heavy atom. The number of alkyl halides is 3. The summed E-state index contributed by atoms with van der Waals surface area (Å²) >= 11 is 1.83. The lowest BCUT2D eigenvalue weighted by Crippen LogP contribution is -2.14. The Balaban J connectivity index is 2.95. The number of rotatable bonds is 3. The fourth-order valence-electron chi connectivity index (χ4n) is 1.11. The Morgan fingerprint density at radius 3 is 2.65 bits per heavy atom. The summed E-state index contributed by atoms with van der Waals surface area (Å²) in [6.07, 6.45) is -4.76. The summed E-state index contributed by atoms with van der Waals surface area (Å²) in [4.78, 5) is 14.6. The Kier molecular flexibility index (Phi) is 4.72. The second-order valence-electron chi connectivity index (χ2n) is 3.10. The van der Waals surface area contributed by atoms with E-state index in [0.717, 1.165) is 6.07 Å². The molecule has 0 saturated carbocycles. The van der Waals surface area contributed by atoms with E-state index in [1.807, 2.05) is 22.6 Å². The van der Waals surface area contributed by atoms with E-state index in [1.54, 1.807) is 6.92 Å². The zero-order chi connectivity index (χ0) is 13.1. The average molecular weight is 359 g/mol. The average Bonchev–Trinajstić information content (AvgIpc) is 2.20. The van der Waals surface area contributed by atoms with E-state index < -0.39 is 17.8 Å². The van der Waals surface area contributed by atoms with Crippen LogP contribution in [0.1, 0.15) is 18.3 Å². The predicted octanol–water partition coefficient (Wildman–Crippen LogP) is 2.81. The molecule has 0 N–H and O–H groups in total. The van der Waals surface area contributed by atoms with Crippen molar-refractivity contribution >= 4 is 28.6 Å². The second kappa shape index (κ2) is 5.65. The highest BCUT2D eigenvalue weighted by molar-refractivity contribution is 14.1. The van der Waals surface area contributed by atoms with Crippen molar-refractivity contribution in [2.75, 3.05) is 6.61 Å². The molecule has 0 unspecified atom stereocenters. The van der Waals surface area contributed by atoms with Gasteiger partial charge in [0.15, 0.2) is 0 Å². The van der Waals surface area contributed by atoms with E-state index in [0.29, 0.717) is 3.57 Å². The lowest BCUT2D eigenvalue weighted by Gasteiger charge is -2.09. The quantitative estimate of drug-likeness (QED) is 0.616. The summed E-state index contributed by atoms with van der Waals surface area (Å²) in [7, 11) is 0. The number of hydrogen-bond acceptors (Lipinski definition) is 3. The normalized spacial score (nSPS) is 11.4. The number of nitrogens with zero attached hydrogens (tertiary/aromatic N) is 1. The van der Waals surface area contributed by atoms with E-state index in [2.05, 4.69) is 9.72 Å². The van der Waals surface area contributed by atoms with Crippen molar-refractivity contribution in [3.05, 3.63) is 27.1 Å². The van der Waals surface area contributed by atoms with Gasteiger partial charge in [0.1, 0.15) is 5.69 Å². The van der Waals surface area contributed by atoms with Gasteiger partial charge in [0.2, 0.25) is 0 Å². The van der Waals surface area contributed by atoms with Crippen LogP contribution in [0.4, 0.5) is 13.2 Å². The molecule has 0 spiro atoms. The molecule has 94 valence electrons. The minimum Gasteiger partial charge on any atom is -0.466 e. The zero-order valence-electron chi connectivity index (χ0n) is 8.84. The smallest absolute Gasteiger partial charge is 0.433 e. The van der Waals surface area contributed by atoms with Gasteiger partial charge in [-0.1, -0.05) is 0 Å². The van der Waals surface area contributed by atoms with E-state index in [-0.39, 0.29) is 18.7 Å². The largest absolute Gasteiger partial charge is 0.466 e. The van der Waals surface area contributed by atoms with Crippen LogP contribution in [0, 0.1) is 3.57 Å². The Labute approximate surface area is 110 Å². The monoisotopic (exact) mass is 359 g/mol. The molecule has 1 aromatic heterocycles. The van der Waals surface area contributed by atoms with Gasteiger partial charge in [0.05, 0.1) is 18.7 Å². The minimum absolute atomic E-state index is 0.0823. The van der Waals surface area contributed by atoms with Crippen LogP contribution >= 0.6 is 22.6 Å². The van der Waals surface area contributed by atoms with Gasteiger partial charge in [-0.3, -0.25) is 4.79 Å². The number of hydrogen-bond donors (Lipinski definition) is 0. The topological polar surface area (TPSA) is 39.2 Å². The summed E-state index contributed by atoms with van der Waals surface area (Å²) in [6.45, 7) is 1.82. The molecule has 0 saturated heterocycles. The molecule has 0 fully saturated rings. The highest BCUT2D eigenvalue weighted by atomic mass is 127. The van der Waals surface area contributed by atoms with Crippen molar-refractivity contribution in [2.24, 2.45) is 0 Å². The van der Waals surface area contributed by atoms with Gasteiger partial charge in [-0.05, 0) is 41.6 Å². The number of aromatic nitrogens is 1. The first-order chi connectivity index (χ1) is 7.84. The summed E-state index contributed by atoms with van der Waals surface area (Å²) in [6, 6.07) is 2.17. The first-order valence-corrected chi connectivity index (χ1v) is 5.80. The van der Waals surface area contributed by atoms with E-state index in [4.69, 9.17) is 0 Å². The van der Waals surface area contributed by atoms with Crippen molar-refractivity contribution in [1.82, 2.24) is 4.98 Å². The third kappa shape index (κ3) is 4.14. The van der Waals surface area contributed by atoms with Crippen molar-refractivity contribution < 1.29 is 22.7 Å². The van der Waals surface area contributed by atoms with Crippen LogP contribution in [0.5, 0.6) is 0 Å². The number of ether oxygens (including phenoxy) is 1. The molecule has 0 bridgehead atoms. The molecule has 7 heteroatoms. The molecule has 1 aromatic rings. The van der Waals surface area contributed by atoms with Crippen LogP contribution in [-0.4, -0.2) is 17.6 Å². The Morgan fingerprint density at radius 1 is 1.47 bits per heavy atom. The predicted molar refractivity (Wildman–Crippen MR) is 62.3 cm³/mol. The van der Waals surface area contributed by atoms with Crippen molar-refractivity contribution in [1.29, 1.82) is 0 Å². The molecule has 1 heterocycles. The van der Waals surface area contributed by atoms with Crippen LogP contribution in [0.2, 0.25) is 0 Å². The highest BCUT2D eigenvalue weighted by Gasteiger charge is 2.33. The summed E-state index contributed by atoms with van der Waals surface area (Å²) in [5.74, 6) is -0.586. The van der Waals surface area contributed by atoms with Gasteiger partial charge in [0.25, 0.3) is 0 Å². The molecular weight excluding hydrogens is 350 g/mol. The van der Waals surface area contributed by atoms with Gasteiger partial charge in [-0.25, -0.2) is 4.98 Å². The maximum absolute atomic E-state index is 12.4. The molecule has 0 amide bonds. The van der Waals surface area contributed by atoms with E-state index in [9.17, 15) is 18.0 Å². The van der Waals surface area contributed by atoms with Gasteiger partial charge >= 0.3 is 12.1 Å². The molecule has 0 radical (unpaired) electrons. The van der Waals surface area contributed by atoms with Crippen LogP contribution in [0.25, 0.3) is 0 Å². The van der Waals surface area contributed by atoms with Crippen molar-refractivity contribution in [3.8, 4) is 0 Å². The van der Waals surface area contributed by atoms with Gasteiger partial charge in [-0.2, -0.15) is 13.2 Å². The number of carbonyl (C=O) groups excluding carboxylic acids is 1. The van der Waals surface area contributed by atoms with Gasteiger partial charge in [-0.15, -0.1) is 0 Å². The van der Waals surface area contributed by atoms with Crippen molar-refractivity contribution in [2.45, 2.75) is 19.5 Å². The maximum Gasteiger partial charge on any atom is 0.433 e. The van der Waals surface area contributed by atoms with Gasteiger partial charge in [0, 0.05) is 3.57 Å². The molecule has 0 aliphatic carbocycles. The zero-order valence-corrected chi connectivity index (χ0v) is 11.0. The lowest BCUT2D eigenvalue weighted by atomic mass is 10.2. The van der Waals surface area contributed by atoms with E-state index >= 15 is 0 Å². The third-order valence-corrected chi connectivity index (χ3v) is 2.81. The van der Waals surface area contributed by atoms with Gasteiger partial charge < -0.3 is 4.74 Å². The molecule has 0 aromatic carbocycles. The van der Waals surface area contributed by atoms with Crippen molar-refractivity contribution in [3.63, 3.8) is 0 Å². The Hall–Kier alpha value is -0.860. The molecule has 0 aliphatic heterocycles. The number of carbonyl (C=O) groups is 1. The fraction of sp³-hybridized carbons (Fsp3) is 0.400. The summed E-state index contributed by atoms with van der Waals surface area (Å²) in [5, 5.41) is 0. The Bertz CT molecular complexity index is 421. The molecule has 1 rings (SSSR count). The van der Waals surface area contributed by atoms with Crippen LogP contribution < -0.4 is 0 Å². The standard InChI is InChI=1S/C10H9F3INO2/c1-2-17-9(16)5-7-6(14)3-4-8(15-7)10(11,12)13/h3-4H,2,5H2,1H3. The number of pyridine rings is 1. The highest BCUT2D eigenvalue weighted by Crippen LogP contribution is 2.28. The molecule has 17 heavy (non-hydrogen) atoms. The minimum atomic E-state index is -4.51. The van der Waals surface area contributed by atoms with Crippen LogP contribution in [0.15, 0.2) is 12.1 Å². The van der Waals surface area contributed by atoms with Crippen LogP contribution in [0.3, 0.4) is 0 Å².